The van der Waals surface area contributed by atoms with Gasteiger partial charge in [0.1, 0.15) is 11.3 Å². The Bertz CT molecular complexity index is 969. The normalized spacial score (nSPS) is 10.4. The van der Waals surface area contributed by atoms with Crippen molar-refractivity contribution >= 4 is 20.7 Å². The molecule has 2 aromatic carbocycles. The predicted octanol–water partition coefficient (Wildman–Crippen LogP) is 4.04. The molecule has 3 aromatic rings. The van der Waals surface area contributed by atoms with Gasteiger partial charge in [0.05, 0.1) is 17.3 Å². The average Bonchev–Trinajstić information content (AvgIpc) is 2.65. The number of aliphatic hydroxyl groups is 1. The fourth-order valence-electron chi connectivity index (χ4n) is 2.28. The number of hydrogen-bond acceptors (Lipinski definition) is 5. The molecular weight excluding hydrogens is 362 g/mol. The van der Waals surface area contributed by atoms with Crippen LogP contribution in [0.4, 0.5) is 0 Å². The van der Waals surface area contributed by atoms with Crippen LogP contribution in [0.25, 0.3) is 10.9 Å². The molecule has 0 aliphatic heterocycles. The van der Waals surface area contributed by atoms with Gasteiger partial charge in [-0.05, 0) is 43.7 Å². The van der Waals surface area contributed by atoms with Gasteiger partial charge in [-0.1, -0.05) is 44.2 Å². The summed E-state index contributed by atoms with van der Waals surface area (Å²) in [6.45, 7) is 7.40. The highest BCUT2D eigenvalue weighted by atomic mass is 32.2. The molecule has 0 saturated heterocycles. The molecule has 1 aromatic heterocycles. The van der Waals surface area contributed by atoms with E-state index in [1.165, 1.54) is 6.07 Å². The maximum atomic E-state index is 11.4. The smallest absolute Gasteiger partial charge is 0.180 e. The van der Waals surface area contributed by atoms with E-state index < -0.39 is 9.84 Å². The van der Waals surface area contributed by atoms with E-state index in [4.69, 9.17) is 5.11 Å². The van der Waals surface area contributed by atoms with Crippen LogP contribution in [-0.2, 0) is 9.84 Å². The predicted molar refractivity (Wildman–Crippen MR) is 110 cm³/mol. The third kappa shape index (κ3) is 6.66. The number of phenols is 1. The van der Waals surface area contributed by atoms with Gasteiger partial charge in [0.15, 0.2) is 9.84 Å². The van der Waals surface area contributed by atoms with Crippen molar-refractivity contribution in [2.24, 2.45) is 0 Å². The van der Waals surface area contributed by atoms with Crippen LogP contribution in [0, 0.1) is 13.8 Å². The highest BCUT2D eigenvalue weighted by Crippen LogP contribution is 2.21. The number of hydrogen-bond donors (Lipinski definition) is 2. The van der Waals surface area contributed by atoms with E-state index in [2.05, 4.69) is 4.98 Å². The zero-order valence-corrected chi connectivity index (χ0v) is 17.0. The second kappa shape index (κ2) is 10.6. The van der Waals surface area contributed by atoms with Crippen molar-refractivity contribution in [1.82, 2.24) is 4.98 Å². The monoisotopic (exact) mass is 389 g/mol. The first-order valence-electron chi connectivity index (χ1n) is 8.79. The summed E-state index contributed by atoms with van der Waals surface area (Å²) in [5.41, 5.74) is 2.50. The third-order valence-corrected chi connectivity index (χ3v) is 5.24. The van der Waals surface area contributed by atoms with Gasteiger partial charge in [0.2, 0.25) is 0 Å². The topological polar surface area (TPSA) is 87.5 Å². The van der Waals surface area contributed by atoms with Crippen LogP contribution in [0.3, 0.4) is 0 Å². The lowest BCUT2D eigenvalue weighted by Crippen LogP contribution is -2.09. The molecule has 2 N–H and O–H groups in total. The van der Waals surface area contributed by atoms with Crippen LogP contribution in [-0.4, -0.2) is 36.0 Å². The molecule has 1 heterocycles. The maximum absolute atomic E-state index is 11.4. The Morgan fingerprint density at radius 3 is 2.26 bits per heavy atom. The SMILES string of the molecule is CC.Cc1ccc2cccc(O)c2n1.Cc1cccc(S(=O)(=O)CCO)c1. The quantitative estimate of drug-likeness (QED) is 0.706. The maximum Gasteiger partial charge on any atom is 0.180 e. The summed E-state index contributed by atoms with van der Waals surface area (Å²) in [4.78, 5) is 4.50. The molecule has 0 aliphatic carbocycles. The molecule has 0 radical (unpaired) electrons. The fourth-order valence-corrected chi connectivity index (χ4v) is 3.40. The van der Waals surface area contributed by atoms with E-state index in [9.17, 15) is 13.5 Å². The minimum absolute atomic E-state index is 0.212. The Labute approximate surface area is 161 Å². The first kappa shape index (κ1) is 22.6. The lowest BCUT2D eigenvalue weighted by Gasteiger charge is -2.02. The molecule has 0 fully saturated rings. The van der Waals surface area contributed by atoms with Crippen molar-refractivity contribution in [1.29, 1.82) is 0 Å². The Morgan fingerprint density at radius 2 is 1.63 bits per heavy atom. The third-order valence-electron chi connectivity index (χ3n) is 3.55. The number of sulfone groups is 1. The molecule has 0 aliphatic rings. The van der Waals surface area contributed by atoms with E-state index in [0.29, 0.717) is 5.52 Å². The molecule has 6 heteroatoms. The Hall–Kier alpha value is -2.44. The number of benzene rings is 2. The van der Waals surface area contributed by atoms with Crippen LogP contribution in [0.1, 0.15) is 25.1 Å². The zero-order valence-electron chi connectivity index (χ0n) is 16.2. The van der Waals surface area contributed by atoms with Crippen molar-refractivity contribution in [3.05, 3.63) is 65.9 Å². The molecular formula is C21H27NO4S. The summed E-state index contributed by atoms with van der Waals surface area (Å²) in [7, 11) is -3.28. The second-order valence-electron chi connectivity index (χ2n) is 5.66. The van der Waals surface area contributed by atoms with Crippen LogP contribution in [0.5, 0.6) is 5.75 Å². The highest BCUT2D eigenvalue weighted by Gasteiger charge is 2.12. The van der Waals surface area contributed by atoms with E-state index in [1.807, 2.05) is 58.0 Å². The number of pyridine rings is 1. The van der Waals surface area contributed by atoms with Crippen molar-refractivity contribution in [3.63, 3.8) is 0 Å². The summed E-state index contributed by atoms with van der Waals surface area (Å²) in [5.74, 6) is 0.0346. The van der Waals surface area contributed by atoms with E-state index >= 15 is 0 Å². The molecule has 0 saturated carbocycles. The minimum atomic E-state index is -3.28. The standard InChI is InChI=1S/C10H9NO.C9H12O3S.C2H6/c1-7-5-6-8-3-2-4-9(12)10(8)11-7;1-8-3-2-4-9(7-8)13(11,12)6-5-10;1-2/h2-6,12H,1H3;2-4,7,10H,5-6H2,1H3;1-2H3. The summed E-state index contributed by atoms with van der Waals surface area (Å²) in [5, 5.41) is 19.0. The van der Waals surface area contributed by atoms with Crippen LogP contribution in [0.15, 0.2) is 59.5 Å². The van der Waals surface area contributed by atoms with Gasteiger partial charge in [0, 0.05) is 11.1 Å². The lowest BCUT2D eigenvalue weighted by atomic mass is 10.2. The number of aryl methyl sites for hydroxylation is 2. The van der Waals surface area contributed by atoms with Gasteiger partial charge in [-0.2, -0.15) is 0 Å². The molecule has 0 spiro atoms. The number of nitrogens with zero attached hydrogens (tertiary/aromatic N) is 1. The van der Waals surface area contributed by atoms with Gasteiger partial charge in [-0.25, -0.2) is 13.4 Å². The van der Waals surface area contributed by atoms with E-state index in [-0.39, 0.29) is 23.0 Å². The molecule has 0 amide bonds. The van der Waals surface area contributed by atoms with Crippen LogP contribution < -0.4 is 0 Å². The molecule has 146 valence electrons. The number of fused-ring (bicyclic) bond motifs is 1. The molecule has 0 bridgehead atoms. The van der Waals surface area contributed by atoms with Crippen molar-refractivity contribution in [2.45, 2.75) is 32.6 Å². The minimum Gasteiger partial charge on any atom is -0.506 e. The number of aromatic nitrogens is 1. The van der Waals surface area contributed by atoms with E-state index in [1.54, 1.807) is 18.2 Å². The Balaban J connectivity index is 0.000000248. The number of aliphatic hydroxyl groups excluding tert-OH is 1. The number of phenolic OH excluding ortho intramolecular Hbond substituents is 1. The van der Waals surface area contributed by atoms with E-state index in [0.717, 1.165) is 16.6 Å². The number of aromatic hydroxyl groups is 1. The Morgan fingerprint density at radius 1 is 0.963 bits per heavy atom. The summed E-state index contributed by atoms with van der Waals surface area (Å²) < 4.78 is 22.8. The van der Waals surface area contributed by atoms with Crippen LogP contribution in [0.2, 0.25) is 0 Å². The summed E-state index contributed by atoms with van der Waals surface area (Å²) >= 11 is 0. The van der Waals surface area contributed by atoms with Crippen LogP contribution >= 0.6 is 0 Å². The van der Waals surface area contributed by atoms with Gasteiger partial charge >= 0.3 is 0 Å². The summed E-state index contributed by atoms with van der Waals surface area (Å²) in [6, 6.07) is 15.9. The van der Waals surface area contributed by atoms with Crippen molar-refractivity contribution < 1.29 is 18.6 Å². The lowest BCUT2D eigenvalue weighted by molar-refractivity contribution is 0.319. The molecule has 5 nitrogen and oxygen atoms in total. The molecule has 27 heavy (non-hydrogen) atoms. The highest BCUT2D eigenvalue weighted by molar-refractivity contribution is 7.91. The number of para-hydroxylation sites is 1. The van der Waals surface area contributed by atoms with Gasteiger partial charge < -0.3 is 10.2 Å². The fraction of sp³-hybridized carbons (Fsp3) is 0.286. The number of rotatable bonds is 3. The molecule has 0 unspecified atom stereocenters. The van der Waals surface area contributed by atoms with Crippen molar-refractivity contribution in [3.8, 4) is 5.75 Å². The largest absolute Gasteiger partial charge is 0.506 e. The molecule has 3 rings (SSSR count). The first-order chi connectivity index (χ1) is 12.8. The van der Waals surface area contributed by atoms with Crippen molar-refractivity contribution in [2.75, 3.05) is 12.4 Å². The zero-order chi connectivity index (χ0) is 20.4. The first-order valence-corrected chi connectivity index (χ1v) is 10.4. The molecule has 0 atom stereocenters. The van der Waals surface area contributed by atoms with Gasteiger partial charge in [-0.15, -0.1) is 0 Å². The second-order valence-corrected chi connectivity index (χ2v) is 7.77. The van der Waals surface area contributed by atoms with Gasteiger partial charge in [-0.3, -0.25) is 0 Å². The summed E-state index contributed by atoms with van der Waals surface area (Å²) in [6.07, 6.45) is 0. The van der Waals surface area contributed by atoms with Gasteiger partial charge in [0.25, 0.3) is 0 Å². The Kier molecular flexibility index (Phi) is 8.91. The average molecular weight is 390 g/mol.